The first-order chi connectivity index (χ1) is 11.5. The van der Waals surface area contributed by atoms with E-state index >= 15 is 0 Å². The van der Waals surface area contributed by atoms with Gasteiger partial charge in [-0.05, 0) is 29.4 Å². The molecule has 0 spiro atoms. The molecule has 0 saturated heterocycles. The van der Waals surface area contributed by atoms with Gasteiger partial charge in [0.25, 0.3) is 11.8 Å². The van der Waals surface area contributed by atoms with Crippen LogP contribution in [0.25, 0.3) is 5.57 Å². The van der Waals surface area contributed by atoms with Crippen LogP contribution in [0.4, 0.5) is 0 Å². The van der Waals surface area contributed by atoms with Crippen LogP contribution in [0.15, 0.2) is 41.8 Å². The van der Waals surface area contributed by atoms with Crippen molar-refractivity contribution in [2.45, 2.75) is 20.8 Å². The Balaban J connectivity index is 2.31. The Morgan fingerprint density at radius 1 is 1.21 bits per heavy atom. The molecule has 0 bridgehead atoms. The fraction of sp³-hybridized carbons (Fsp3) is 0.368. The second kappa shape index (κ2) is 8.20. The zero-order valence-electron chi connectivity index (χ0n) is 14.4. The van der Waals surface area contributed by atoms with Crippen LogP contribution in [0.2, 0.25) is 0 Å². The van der Waals surface area contributed by atoms with Crippen LogP contribution in [0.1, 0.15) is 26.3 Å². The summed E-state index contributed by atoms with van der Waals surface area (Å²) in [6, 6.07) is 7.35. The van der Waals surface area contributed by atoms with E-state index in [0.717, 1.165) is 17.1 Å². The summed E-state index contributed by atoms with van der Waals surface area (Å²) < 4.78 is 5.67. The third-order valence-electron chi connectivity index (χ3n) is 3.45. The summed E-state index contributed by atoms with van der Waals surface area (Å²) in [5.74, 6) is 1.45. The summed E-state index contributed by atoms with van der Waals surface area (Å²) >= 11 is 1.40. The minimum absolute atomic E-state index is 0.227. The van der Waals surface area contributed by atoms with Crippen molar-refractivity contribution in [3.05, 3.63) is 47.4 Å². The second-order valence-corrected chi connectivity index (χ2v) is 7.15. The van der Waals surface area contributed by atoms with Gasteiger partial charge in [0.2, 0.25) is 0 Å². The van der Waals surface area contributed by atoms with Gasteiger partial charge in [0.1, 0.15) is 5.75 Å². The van der Waals surface area contributed by atoms with E-state index in [9.17, 15) is 9.59 Å². The topological polar surface area (TPSA) is 46.6 Å². The van der Waals surface area contributed by atoms with Crippen molar-refractivity contribution in [2.24, 2.45) is 5.92 Å². The number of carbonyl (C=O) groups excluding carboxylic acids is 2. The maximum absolute atomic E-state index is 12.6. The van der Waals surface area contributed by atoms with Gasteiger partial charge < -0.3 is 4.74 Å². The van der Waals surface area contributed by atoms with Crippen molar-refractivity contribution in [3.63, 3.8) is 0 Å². The molecular weight excluding hydrogens is 322 g/mol. The molecule has 1 aromatic carbocycles. The van der Waals surface area contributed by atoms with Crippen molar-refractivity contribution in [3.8, 4) is 5.75 Å². The van der Waals surface area contributed by atoms with E-state index in [1.54, 1.807) is 6.08 Å². The van der Waals surface area contributed by atoms with Crippen molar-refractivity contribution in [1.29, 1.82) is 0 Å². The summed E-state index contributed by atoms with van der Waals surface area (Å²) in [5, 5.41) is 0. The molecule has 0 N–H and O–H groups in total. The van der Waals surface area contributed by atoms with Crippen molar-refractivity contribution in [2.75, 3.05) is 18.9 Å². The molecule has 1 aliphatic rings. The van der Waals surface area contributed by atoms with Crippen LogP contribution in [0.5, 0.6) is 5.75 Å². The molecule has 0 atom stereocenters. The van der Waals surface area contributed by atoms with Gasteiger partial charge in [0.05, 0.1) is 17.1 Å². The molecule has 2 amide bonds. The lowest BCUT2D eigenvalue weighted by Gasteiger charge is -2.12. The average molecular weight is 345 g/mol. The van der Waals surface area contributed by atoms with E-state index in [4.69, 9.17) is 4.74 Å². The Morgan fingerprint density at radius 2 is 1.88 bits per heavy atom. The highest BCUT2D eigenvalue weighted by atomic mass is 32.2. The predicted molar refractivity (Wildman–Crippen MR) is 98.7 cm³/mol. The van der Waals surface area contributed by atoms with Gasteiger partial charge in [-0.15, -0.1) is 18.3 Å². The lowest BCUT2D eigenvalue weighted by molar-refractivity contribution is -0.135. The maximum Gasteiger partial charge on any atom is 0.268 e. The van der Waals surface area contributed by atoms with E-state index in [2.05, 4.69) is 20.4 Å². The number of carbonyl (C=O) groups is 2. The summed E-state index contributed by atoms with van der Waals surface area (Å²) in [6.07, 6.45) is 1.57. The van der Waals surface area contributed by atoms with E-state index in [1.807, 2.05) is 31.2 Å². The molecule has 0 unspecified atom stereocenters. The normalized spacial score (nSPS) is 14.8. The quantitative estimate of drug-likeness (QED) is 0.532. The first kappa shape index (κ1) is 18.3. The summed E-state index contributed by atoms with van der Waals surface area (Å²) in [4.78, 5) is 26.9. The Hall–Kier alpha value is -2.01. The van der Waals surface area contributed by atoms with Gasteiger partial charge in [-0.1, -0.05) is 39.0 Å². The number of ether oxygens (including phenoxy) is 1. The van der Waals surface area contributed by atoms with Gasteiger partial charge in [-0.2, -0.15) is 0 Å². The lowest BCUT2D eigenvalue weighted by Crippen LogP contribution is -2.31. The third kappa shape index (κ3) is 3.90. The molecule has 128 valence electrons. The molecule has 1 heterocycles. The molecule has 0 fully saturated rings. The number of thioether (sulfide) groups is 1. The van der Waals surface area contributed by atoms with Crippen molar-refractivity contribution < 1.29 is 14.3 Å². The van der Waals surface area contributed by atoms with Gasteiger partial charge in [0.15, 0.2) is 0 Å². The van der Waals surface area contributed by atoms with Gasteiger partial charge in [-0.3, -0.25) is 14.5 Å². The summed E-state index contributed by atoms with van der Waals surface area (Å²) in [6.45, 7) is 10.6. The minimum atomic E-state index is -0.258. The number of benzene rings is 1. The number of hydrogen-bond donors (Lipinski definition) is 0. The number of rotatable bonds is 8. The Kier molecular flexibility index (Phi) is 6.26. The van der Waals surface area contributed by atoms with Gasteiger partial charge >= 0.3 is 0 Å². The predicted octanol–water partition coefficient (Wildman–Crippen LogP) is 3.74. The molecule has 0 aromatic heterocycles. The van der Waals surface area contributed by atoms with Crippen LogP contribution < -0.4 is 4.74 Å². The Labute approximate surface area is 147 Å². The zero-order chi connectivity index (χ0) is 17.7. The van der Waals surface area contributed by atoms with E-state index in [1.165, 1.54) is 16.7 Å². The summed E-state index contributed by atoms with van der Waals surface area (Å²) in [7, 11) is 0. The zero-order valence-corrected chi connectivity index (χ0v) is 15.2. The monoisotopic (exact) mass is 345 g/mol. The van der Waals surface area contributed by atoms with Crippen LogP contribution in [0, 0.1) is 5.92 Å². The van der Waals surface area contributed by atoms with Crippen LogP contribution in [-0.2, 0) is 9.59 Å². The molecular formula is C19H23NO3S. The third-order valence-corrected chi connectivity index (χ3v) is 4.41. The first-order valence-corrected chi connectivity index (χ1v) is 9.05. The average Bonchev–Trinajstić information content (AvgIpc) is 2.79. The van der Waals surface area contributed by atoms with Crippen LogP contribution >= 0.6 is 11.8 Å². The van der Waals surface area contributed by atoms with E-state index < -0.39 is 0 Å². The molecule has 4 nitrogen and oxygen atoms in total. The molecule has 1 aromatic rings. The highest BCUT2D eigenvalue weighted by Gasteiger charge is 2.38. The smallest absolute Gasteiger partial charge is 0.268 e. The van der Waals surface area contributed by atoms with Crippen LogP contribution in [-0.4, -0.2) is 35.6 Å². The highest BCUT2D eigenvalue weighted by molar-refractivity contribution is 8.04. The minimum Gasteiger partial charge on any atom is -0.493 e. The molecule has 0 radical (unpaired) electrons. The van der Waals surface area contributed by atoms with Gasteiger partial charge in [0, 0.05) is 6.54 Å². The molecule has 1 aliphatic heterocycles. The van der Waals surface area contributed by atoms with E-state index in [-0.39, 0.29) is 18.4 Å². The molecule has 24 heavy (non-hydrogen) atoms. The van der Waals surface area contributed by atoms with E-state index in [0.29, 0.717) is 23.0 Å². The highest BCUT2D eigenvalue weighted by Crippen LogP contribution is 2.36. The fourth-order valence-corrected chi connectivity index (χ4v) is 3.23. The SMILES string of the molecule is C=CCN1C(=O)C(SCC)=C(c2ccc(OCC(C)C)cc2)C1=O. The van der Waals surface area contributed by atoms with Gasteiger partial charge in [-0.25, -0.2) is 0 Å². The van der Waals surface area contributed by atoms with Crippen LogP contribution in [0.3, 0.4) is 0 Å². The standard InChI is InChI=1S/C19H23NO3S/c1-5-11-20-18(21)16(17(19(20)22)24-6-2)14-7-9-15(10-8-14)23-12-13(3)4/h5,7-10,13H,1,6,11-12H2,2-4H3. The Bertz CT molecular complexity index is 662. The molecule has 0 saturated carbocycles. The lowest BCUT2D eigenvalue weighted by atomic mass is 10.1. The number of nitrogens with zero attached hydrogens (tertiary/aromatic N) is 1. The number of hydrogen-bond acceptors (Lipinski definition) is 4. The number of imide groups is 1. The summed E-state index contributed by atoms with van der Waals surface area (Å²) in [5.41, 5.74) is 1.22. The molecule has 0 aliphatic carbocycles. The first-order valence-electron chi connectivity index (χ1n) is 8.07. The second-order valence-electron chi connectivity index (χ2n) is 5.88. The number of amides is 2. The van der Waals surface area contributed by atoms with Crippen molar-refractivity contribution in [1.82, 2.24) is 4.90 Å². The Morgan fingerprint density at radius 3 is 2.42 bits per heavy atom. The molecule has 2 rings (SSSR count). The van der Waals surface area contributed by atoms with Crippen molar-refractivity contribution >= 4 is 29.1 Å². The largest absolute Gasteiger partial charge is 0.493 e. The molecule has 5 heteroatoms. The fourth-order valence-electron chi connectivity index (χ4n) is 2.36. The maximum atomic E-state index is 12.6.